The summed E-state index contributed by atoms with van der Waals surface area (Å²) in [5, 5.41) is 9.51. The minimum atomic E-state index is -4.40. The molecule has 0 saturated carbocycles. The number of hydrogen-bond donors (Lipinski definition) is 1. The molecule has 0 radical (unpaired) electrons. The second-order valence-electron chi connectivity index (χ2n) is 4.09. The van der Waals surface area contributed by atoms with Gasteiger partial charge in [0.1, 0.15) is 0 Å². The van der Waals surface area contributed by atoms with E-state index >= 15 is 0 Å². The zero-order chi connectivity index (χ0) is 13.2. The third-order valence-electron chi connectivity index (χ3n) is 2.58. The van der Waals surface area contributed by atoms with Gasteiger partial charge in [0.05, 0.1) is 25.7 Å². The zero-order valence-electron chi connectivity index (χ0n) is 9.54. The number of hydrogen-bond acceptors (Lipinski definition) is 3. The molecule has 18 heavy (non-hydrogen) atoms. The standard InChI is InChI=1S/C12H13F3O3/c13-12(14,15)7-9(16)8-2-3-10-11(6-8)18-5-1-4-17-10/h2-3,6,9,16H,1,4-5,7H2. The minimum Gasteiger partial charge on any atom is -0.490 e. The van der Waals surface area contributed by atoms with Crippen molar-refractivity contribution in [2.45, 2.75) is 25.1 Å². The van der Waals surface area contributed by atoms with Crippen molar-refractivity contribution in [1.29, 1.82) is 0 Å². The molecule has 0 spiro atoms. The van der Waals surface area contributed by atoms with Gasteiger partial charge in [-0.3, -0.25) is 0 Å². The van der Waals surface area contributed by atoms with Crippen LogP contribution in [0.2, 0.25) is 0 Å². The lowest BCUT2D eigenvalue weighted by Gasteiger charge is -2.15. The van der Waals surface area contributed by atoms with Crippen molar-refractivity contribution in [3.63, 3.8) is 0 Å². The fraction of sp³-hybridized carbons (Fsp3) is 0.500. The summed E-state index contributed by atoms with van der Waals surface area (Å²) in [5.74, 6) is 0.877. The summed E-state index contributed by atoms with van der Waals surface area (Å²) in [6, 6.07) is 4.34. The Morgan fingerprint density at radius 2 is 1.83 bits per heavy atom. The van der Waals surface area contributed by atoms with Gasteiger partial charge in [-0.2, -0.15) is 13.2 Å². The van der Waals surface area contributed by atoms with Crippen LogP contribution in [0.25, 0.3) is 0 Å². The summed E-state index contributed by atoms with van der Waals surface area (Å²) >= 11 is 0. The van der Waals surface area contributed by atoms with E-state index in [4.69, 9.17) is 9.47 Å². The number of aliphatic hydroxyl groups excluding tert-OH is 1. The highest BCUT2D eigenvalue weighted by Gasteiger charge is 2.32. The monoisotopic (exact) mass is 262 g/mol. The van der Waals surface area contributed by atoms with E-state index in [2.05, 4.69) is 0 Å². The van der Waals surface area contributed by atoms with Gasteiger partial charge in [-0.05, 0) is 17.7 Å². The molecule has 1 aromatic carbocycles. The second-order valence-corrected chi connectivity index (χ2v) is 4.09. The maximum absolute atomic E-state index is 12.2. The molecule has 0 saturated heterocycles. The molecule has 0 aromatic heterocycles. The minimum absolute atomic E-state index is 0.177. The Labute approximate surface area is 102 Å². The number of rotatable bonds is 2. The summed E-state index contributed by atoms with van der Waals surface area (Å²) in [7, 11) is 0. The maximum Gasteiger partial charge on any atom is 0.391 e. The highest BCUT2D eigenvalue weighted by Crippen LogP contribution is 2.35. The van der Waals surface area contributed by atoms with Crippen LogP contribution in [0, 0.1) is 0 Å². The molecular weight excluding hydrogens is 249 g/mol. The summed E-state index contributed by atoms with van der Waals surface area (Å²) in [6.45, 7) is 0.962. The van der Waals surface area contributed by atoms with E-state index in [1.807, 2.05) is 0 Å². The van der Waals surface area contributed by atoms with Crippen molar-refractivity contribution in [2.24, 2.45) is 0 Å². The lowest BCUT2D eigenvalue weighted by atomic mass is 10.1. The Kier molecular flexibility index (Phi) is 3.65. The molecule has 3 nitrogen and oxygen atoms in total. The van der Waals surface area contributed by atoms with Crippen molar-refractivity contribution in [3.8, 4) is 11.5 Å². The number of aliphatic hydroxyl groups is 1. The molecule has 2 rings (SSSR count). The number of fused-ring (bicyclic) bond motifs is 1. The van der Waals surface area contributed by atoms with Gasteiger partial charge in [0.25, 0.3) is 0 Å². The second kappa shape index (κ2) is 5.06. The van der Waals surface area contributed by atoms with Gasteiger partial charge < -0.3 is 14.6 Å². The Morgan fingerprint density at radius 3 is 2.50 bits per heavy atom. The van der Waals surface area contributed by atoms with Crippen molar-refractivity contribution in [3.05, 3.63) is 23.8 Å². The van der Waals surface area contributed by atoms with Gasteiger partial charge in [-0.1, -0.05) is 6.07 Å². The van der Waals surface area contributed by atoms with E-state index in [9.17, 15) is 18.3 Å². The first-order chi connectivity index (χ1) is 8.46. The predicted molar refractivity (Wildman–Crippen MR) is 57.7 cm³/mol. The van der Waals surface area contributed by atoms with Crippen LogP contribution in [0.1, 0.15) is 24.5 Å². The van der Waals surface area contributed by atoms with E-state index in [1.165, 1.54) is 18.2 Å². The molecule has 0 fully saturated rings. The Bertz CT molecular complexity index is 418. The van der Waals surface area contributed by atoms with Crippen LogP contribution in [-0.2, 0) is 0 Å². The quantitative estimate of drug-likeness (QED) is 0.890. The molecule has 1 heterocycles. The van der Waals surface area contributed by atoms with E-state index < -0.39 is 18.7 Å². The molecule has 1 atom stereocenters. The largest absolute Gasteiger partial charge is 0.490 e. The van der Waals surface area contributed by atoms with Crippen molar-refractivity contribution in [1.82, 2.24) is 0 Å². The van der Waals surface area contributed by atoms with Crippen LogP contribution in [0.4, 0.5) is 13.2 Å². The van der Waals surface area contributed by atoms with Crippen molar-refractivity contribution < 1.29 is 27.8 Å². The maximum atomic E-state index is 12.2. The highest BCUT2D eigenvalue weighted by atomic mass is 19.4. The molecule has 1 aliphatic rings. The molecule has 1 aromatic rings. The average Bonchev–Trinajstić information content (AvgIpc) is 2.50. The fourth-order valence-corrected chi connectivity index (χ4v) is 1.72. The van der Waals surface area contributed by atoms with Crippen LogP contribution in [0.15, 0.2) is 18.2 Å². The van der Waals surface area contributed by atoms with E-state index in [-0.39, 0.29) is 5.56 Å². The summed E-state index contributed by atoms with van der Waals surface area (Å²) in [4.78, 5) is 0. The lowest BCUT2D eigenvalue weighted by molar-refractivity contribution is -0.154. The third-order valence-corrected chi connectivity index (χ3v) is 2.58. The first kappa shape index (κ1) is 13.0. The molecule has 0 bridgehead atoms. The number of ether oxygens (including phenoxy) is 2. The summed E-state index contributed by atoms with van der Waals surface area (Å²) in [6.07, 6.45) is -6.53. The smallest absolute Gasteiger partial charge is 0.391 e. The van der Waals surface area contributed by atoms with Crippen molar-refractivity contribution >= 4 is 0 Å². The van der Waals surface area contributed by atoms with Crippen molar-refractivity contribution in [2.75, 3.05) is 13.2 Å². The lowest BCUT2D eigenvalue weighted by Crippen LogP contribution is -2.13. The molecule has 6 heteroatoms. The average molecular weight is 262 g/mol. The Balaban J connectivity index is 2.17. The third kappa shape index (κ3) is 3.29. The molecule has 1 N–H and O–H groups in total. The summed E-state index contributed by atoms with van der Waals surface area (Å²) < 4.78 is 47.2. The molecule has 0 aliphatic carbocycles. The molecule has 1 unspecified atom stereocenters. The topological polar surface area (TPSA) is 38.7 Å². The number of alkyl halides is 3. The van der Waals surface area contributed by atoms with Gasteiger partial charge in [0.15, 0.2) is 11.5 Å². The van der Waals surface area contributed by atoms with Gasteiger partial charge in [0, 0.05) is 6.42 Å². The Hall–Kier alpha value is -1.43. The fourth-order valence-electron chi connectivity index (χ4n) is 1.72. The van der Waals surface area contributed by atoms with Crippen LogP contribution in [0.5, 0.6) is 11.5 Å². The molecular formula is C12H13F3O3. The predicted octanol–water partition coefficient (Wildman–Crippen LogP) is 2.83. The molecule has 100 valence electrons. The van der Waals surface area contributed by atoms with E-state index in [0.29, 0.717) is 24.7 Å². The van der Waals surface area contributed by atoms with Gasteiger partial charge in [0.2, 0.25) is 0 Å². The SMILES string of the molecule is OC(CC(F)(F)F)c1ccc2c(c1)OCCCO2. The Morgan fingerprint density at radius 1 is 1.17 bits per heavy atom. The molecule has 1 aliphatic heterocycles. The van der Waals surface area contributed by atoms with Crippen LogP contribution >= 0.6 is 0 Å². The van der Waals surface area contributed by atoms with Gasteiger partial charge >= 0.3 is 6.18 Å². The highest BCUT2D eigenvalue weighted by molar-refractivity contribution is 5.44. The van der Waals surface area contributed by atoms with Crippen LogP contribution in [-0.4, -0.2) is 24.5 Å². The van der Waals surface area contributed by atoms with Crippen LogP contribution < -0.4 is 9.47 Å². The van der Waals surface area contributed by atoms with Gasteiger partial charge in [-0.25, -0.2) is 0 Å². The number of halogens is 3. The van der Waals surface area contributed by atoms with E-state index in [1.54, 1.807) is 0 Å². The van der Waals surface area contributed by atoms with Gasteiger partial charge in [-0.15, -0.1) is 0 Å². The van der Waals surface area contributed by atoms with E-state index in [0.717, 1.165) is 6.42 Å². The number of benzene rings is 1. The zero-order valence-corrected chi connectivity index (χ0v) is 9.54. The first-order valence-corrected chi connectivity index (χ1v) is 5.60. The van der Waals surface area contributed by atoms with Crippen LogP contribution in [0.3, 0.4) is 0 Å². The molecule has 0 amide bonds. The first-order valence-electron chi connectivity index (χ1n) is 5.60. The summed E-state index contributed by atoms with van der Waals surface area (Å²) in [5.41, 5.74) is 0.177. The normalized spacial score (nSPS) is 17.1.